The molecule has 1 N–H and O–H groups in total. The number of nitrogens with one attached hydrogen (secondary N) is 1. The highest BCUT2D eigenvalue weighted by molar-refractivity contribution is 5.86. The highest BCUT2D eigenvalue weighted by Crippen LogP contribution is 2.13. The monoisotopic (exact) mass is 387 g/mol. The number of pyridine rings is 1. The number of aliphatic imine (C=N–C) groups is 1. The summed E-state index contributed by atoms with van der Waals surface area (Å²) in [5.41, 5.74) is 0.646. The lowest BCUT2D eigenvalue weighted by Gasteiger charge is -2.25. The van der Waals surface area contributed by atoms with Crippen molar-refractivity contribution in [3.8, 4) is 11.6 Å². The minimum atomic E-state index is 0.0799. The van der Waals surface area contributed by atoms with E-state index in [2.05, 4.69) is 25.4 Å². The SMILES string of the molecule is CCNC(=NCCc1noc(-c2ccccn2)n1)N(C)CC(=O)N(CC)CC. The van der Waals surface area contributed by atoms with Crippen LogP contribution in [-0.2, 0) is 11.2 Å². The molecule has 2 aromatic heterocycles. The third-order valence-corrected chi connectivity index (χ3v) is 4.13. The molecule has 152 valence electrons. The van der Waals surface area contributed by atoms with Gasteiger partial charge < -0.3 is 19.6 Å². The zero-order valence-electron chi connectivity index (χ0n) is 17.1. The summed E-state index contributed by atoms with van der Waals surface area (Å²) in [6.45, 7) is 8.83. The molecule has 9 heteroatoms. The van der Waals surface area contributed by atoms with Crippen molar-refractivity contribution in [1.82, 2.24) is 30.2 Å². The van der Waals surface area contributed by atoms with Crippen LogP contribution in [0.3, 0.4) is 0 Å². The molecule has 0 aromatic carbocycles. The Balaban J connectivity index is 1.95. The minimum Gasteiger partial charge on any atom is -0.357 e. The second-order valence-electron chi connectivity index (χ2n) is 6.14. The number of guanidine groups is 1. The summed E-state index contributed by atoms with van der Waals surface area (Å²) in [4.78, 5) is 29.1. The smallest absolute Gasteiger partial charge is 0.276 e. The van der Waals surface area contributed by atoms with Crippen molar-refractivity contribution >= 4 is 11.9 Å². The number of amides is 1. The summed E-state index contributed by atoms with van der Waals surface area (Å²) in [6.07, 6.45) is 2.21. The van der Waals surface area contributed by atoms with Gasteiger partial charge in [0, 0.05) is 45.8 Å². The second-order valence-corrected chi connectivity index (χ2v) is 6.14. The fraction of sp³-hybridized carbons (Fsp3) is 0.526. The van der Waals surface area contributed by atoms with Crippen LogP contribution in [0.25, 0.3) is 11.6 Å². The molecule has 2 aromatic rings. The lowest BCUT2D eigenvalue weighted by atomic mass is 10.3. The van der Waals surface area contributed by atoms with Crippen LogP contribution in [0.5, 0.6) is 0 Å². The van der Waals surface area contributed by atoms with Gasteiger partial charge in [-0.25, -0.2) is 0 Å². The predicted molar refractivity (Wildman–Crippen MR) is 108 cm³/mol. The molecule has 2 rings (SSSR count). The van der Waals surface area contributed by atoms with Gasteiger partial charge in [-0.1, -0.05) is 11.2 Å². The first-order valence-electron chi connectivity index (χ1n) is 9.60. The maximum atomic E-state index is 12.3. The zero-order chi connectivity index (χ0) is 20.4. The molecule has 9 nitrogen and oxygen atoms in total. The highest BCUT2D eigenvalue weighted by atomic mass is 16.5. The molecule has 0 aliphatic rings. The molecular formula is C19H29N7O2. The van der Waals surface area contributed by atoms with Gasteiger partial charge >= 0.3 is 0 Å². The third kappa shape index (κ3) is 6.04. The number of rotatable bonds is 9. The molecule has 2 heterocycles. The molecule has 0 fully saturated rings. The van der Waals surface area contributed by atoms with E-state index in [1.54, 1.807) is 11.1 Å². The van der Waals surface area contributed by atoms with Crippen molar-refractivity contribution in [3.63, 3.8) is 0 Å². The summed E-state index contributed by atoms with van der Waals surface area (Å²) in [5.74, 6) is 1.73. The molecule has 0 saturated heterocycles. The largest absolute Gasteiger partial charge is 0.357 e. The lowest BCUT2D eigenvalue weighted by Crippen LogP contribution is -2.45. The number of carbonyl (C=O) groups is 1. The molecule has 0 aliphatic heterocycles. The van der Waals surface area contributed by atoms with E-state index < -0.39 is 0 Å². The fourth-order valence-corrected chi connectivity index (χ4v) is 2.63. The van der Waals surface area contributed by atoms with Gasteiger partial charge in [0.1, 0.15) is 5.69 Å². The van der Waals surface area contributed by atoms with E-state index in [0.29, 0.717) is 56.0 Å². The second kappa shape index (κ2) is 11.0. The minimum absolute atomic E-state index is 0.0799. The maximum absolute atomic E-state index is 12.3. The van der Waals surface area contributed by atoms with Gasteiger partial charge in [0.25, 0.3) is 5.89 Å². The van der Waals surface area contributed by atoms with E-state index in [-0.39, 0.29) is 12.5 Å². The van der Waals surface area contributed by atoms with E-state index in [1.165, 1.54) is 0 Å². The average molecular weight is 387 g/mol. The number of hydrogen-bond acceptors (Lipinski definition) is 6. The van der Waals surface area contributed by atoms with Crippen molar-refractivity contribution in [2.45, 2.75) is 27.2 Å². The third-order valence-electron chi connectivity index (χ3n) is 4.13. The van der Waals surface area contributed by atoms with Crippen molar-refractivity contribution < 1.29 is 9.32 Å². The molecule has 0 radical (unpaired) electrons. The van der Waals surface area contributed by atoms with Crippen LogP contribution in [0.4, 0.5) is 0 Å². The molecule has 28 heavy (non-hydrogen) atoms. The molecule has 0 aliphatic carbocycles. The van der Waals surface area contributed by atoms with Gasteiger partial charge in [-0.15, -0.1) is 0 Å². The van der Waals surface area contributed by atoms with E-state index in [0.717, 1.165) is 0 Å². The first-order chi connectivity index (χ1) is 13.6. The van der Waals surface area contributed by atoms with Gasteiger partial charge in [0.05, 0.1) is 6.54 Å². The fourth-order valence-electron chi connectivity index (χ4n) is 2.63. The Kier molecular flexibility index (Phi) is 8.38. The van der Waals surface area contributed by atoms with Gasteiger partial charge in [-0.2, -0.15) is 4.98 Å². The van der Waals surface area contributed by atoms with Crippen LogP contribution in [0.2, 0.25) is 0 Å². The quantitative estimate of drug-likeness (QED) is 0.513. The number of hydrogen-bond donors (Lipinski definition) is 1. The van der Waals surface area contributed by atoms with Crippen LogP contribution in [-0.4, -0.2) is 76.6 Å². The van der Waals surface area contributed by atoms with E-state index in [9.17, 15) is 4.79 Å². The number of likely N-dealkylation sites (N-methyl/N-ethyl adjacent to an activating group) is 2. The number of carbonyl (C=O) groups excluding carboxylic acids is 1. The van der Waals surface area contributed by atoms with Crippen LogP contribution in [0, 0.1) is 0 Å². The highest BCUT2D eigenvalue weighted by Gasteiger charge is 2.15. The standard InChI is InChI=1S/C19H29N7O2/c1-5-20-19(25(4)14-17(27)26(6-2)7-3)22-13-11-16-23-18(28-24-16)15-10-8-9-12-21-15/h8-10,12H,5-7,11,13-14H2,1-4H3,(H,20,22). The molecule has 0 atom stereocenters. The van der Waals surface area contributed by atoms with Gasteiger partial charge in [0.2, 0.25) is 5.91 Å². The summed E-state index contributed by atoms with van der Waals surface area (Å²) < 4.78 is 5.26. The van der Waals surface area contributed by atoms with Crippen molar-refractivity contribution in [2.24, 2.45) is 4.99 Å². The zero-order valence-corrected chi connectivity index (χ0v) is 17.1. The Bertz CT molecular complexity index is 757. The van der Waals surface area contributed by atoms with E-state index in [4.69, 9.17) is 4.52 Å². The molecule has 0 bridgehead atoms. The Morgan fingerprint density at radius 1 is 1.25 bits per heavy atom. The van der Waals surface area contributed by atoms with Crippen LogP contribution < -0.4 is 5.32 Å². The van der Waals surface area contributed by atoms with Gasteiger partial charge in [-0.05, 0) is 32.9 Å². The lowest BCUT2D eigenvalue weighted by molar-refractivity contribution is -0.131. The Morgan fingerprint density at radius 3 is 2.68 bits per heavy atom. The van der Waals surface area contributed by atoms with Crippen molar-refractivity contribution in [2.75, 3.05) is 39.8 Å². The first-order valence-corrected chi connectivity index (χ1v) is 9.60. The number of aromatic nitrogens is 3. The molecule has 0 saturated carbocycles. The Hall–Kier alpha value is -2.97. The van der Waals surface area contributed by atoms with Crippen molar-refractivity contribution in [1.29, 1.82) is 0 Å². The topological polar surface area (TPSA) is 99.7 Å². The number of nitrogens with zero attached hydrogens (tertiary/aromatic N) is 6. The van der Waals surface area contributed by atoms with E-state index >= 15 is 0 Å². The van der Waals surface area contributed by atoms with Crippen LogP contribution >= 0.6 is 0 Å². The Labute approximate surface area is 165 Å². The summed E-state index contributed by atoms with van der Waals surface area (Å²) >= 11 is 0. The van der Waals surface area contributed by atoms with Gasteiger partial charge in [0.15, 0.2) is 11.8 Å². The molecule has 0 spiro atoms. The summed E-state index contributed by atoms with van der Waals surface area (Å²) in [5, 5.41) is 7.19. The Morgan fingerprint density at radius 2 is 2.04 bits per heavy atom. The normalized spacial score (nSPS) is 11.4. The average Bonchev–Trinajstić information content (AvgIpc) is 3.18. The molecule has 1 amide bonds. The summed E-state index contributed by atoms with van der Waals surface area (Å²) in [6, 6.07) is 5.52. The first kappa shape index (κ1) is 21.3. The molecule has 0 unspecified atom stereocenters. The van der Waals surface area contributed by atoms with Crippen molar-refractivity contribution in [3.05, 3.63) is 30.2 Å². The van der Waals surface area contributed by atoms with Gasteiger partial charge in [-0.3, -0.25) is 14.8 Å². The maximum Gasteiger partial charge on any atom is 0.276 e. The van der Waals surface area contributed by atoms with E-state index in [1.807, 2.05) is 50.9 Å². The summed E-state index contributed by atoms with van der Waals surface area (Å²) in [7, 11) is 1.86. The van der Waals surface area contributed by atoms with Crippen LogP contribution in [0.15, 0.2) is 33.9 Å². The van der Waals surface area contributed by atoms with Crippen LogP contribution in [0.1, 0.15) is 26.6 Å². The predicted octanol–water partition coefficient (Wildman–Crippen LogP) is 1.44. The molecular weight excluding hydrogens is 358 g/mol.